The van der Waals surface area contributed by atoms with Crippen molar-refractivity contribution < 1.29 is 18.3 Å². The highest BCUT2D eigenvalue weighted by atomic mass is 19.4. The van der Waals surface area contributed by atoms with Crippen LogP contribution in [0.2, 0.25) is 0 Å². The lowest BCUT2D eigenvalue weighted by atomic mass is 10.00. The van der Waals surface area contributed by atoms with Gasteiger partial charge >= 0.3 is 6.18 Å². The summed E-state index contributed by atoms with van der Waals surface area (Å²) in [6, 6.07) is 4.88. The molecule has 2 nitrogen and oxygen atoms in total. The van der Waals surface area contributed by atoms with Crippen molar-refractivity contribution in [3.8, 4) is 0 Å². The Labute approximate surface area is 104 Å². The van der Waals surface area contributed by atoms with Crippen LogP contribution in [0, 0.1) is 0 Å². The van der Waals surface area contributed by atoms with Gasteiger partial charge in [0.1, 0.15) is 0 Å². The van der Waals surface area contributed by atoms with Crippen LogP contribution < -0.4 is 5.32 Å². The lowest BCUT2D eigenvalue weighted by Crippen LogP contribution is -2.39. The van der Waals surface area contributed by atoms with Gasteiger partial charge in [-0.25, -0.2) is 0 Å². The molecule has 1 aliphatic carbocycles. The number of hydrogen-bond donors (Lipinski definition) is 2. The molecule has 0 bridgehead atoms. The first-order chi connectivity index (χ1) is 8.29. The number of anilines is 1. The van der Waals surface area contributed by atoms with E-state index in [9.17, 15) is 18.3 Å². The minimum absolute atomic E-state index is 0.194. The van der Waals surface area contributed by atoms with Gasteiger partial charge in [-0.2, -0.15) is 13.2 Å². The predicted octanol–water partition coefficient (Wildman–Crippen LogP) is 3.42. The first kappa shape index (κ1) is 13.2. The van der Waals surface area contributed by atoms with Gasteiger partial charge in [0.15, 0.2) is 0 Å². The normalized spacial score (nSPS) is 28.4. The number of alkyl halides is 3. The molecule has 0 heterocycles. The summed E-state index contributed by atoms with van der Waals surface area (Å²) >= 11 is 0. The van der Waals surface area contributed by atoms with Crippen molar-refractivity contribution in [1.82, 2.24) is 0 Å². The Kier molecular flexibility index (Phi) is 3.27. The maximum atomic E-state index is 12.6. The highest BCUT2D eigenvalue weighted by molar-refractivity contribution is 5.48. The maximum absolute atomic E-state index is 12.6. The van der Waals surface area contributed by atoms with E-state index in [1.54, 1.807) is 13.0 Å². The lowest BCUT2D eigenvalue weighted by molar-refractivity contribution is -0.137. The molecule has 0 radical (unpaired) electrons. The van der Waals surface area contributed by atoms with Gasteiger partial charge in [-0.15, -0.1) is 0 Å². The predicted molar refractivity (Wildman–Crippen MR) is 63.3 cm³/mol. The molecule has 5 heteroatoms. The second kappa shape index (κ2) is 4.46. The van der Waals surface area contributed by atoms with Crippen molar-refractivity contribution in [2.24, 2.45) is 0 Å². The molecule has 0 spiro atoms. The third kappa shape index (κ3) is 2.77. The van der Waals surface area contributed by atoms with E-state index in [2.05, 4.69) is 5.32 Å². The molecule has 18 heavy (non-hydrogen) atoms. The van der Waals surface area contributed by atoms with Gasteiger partial charge < -0.3 is 10.4 Å². The zero-order valence-electron chi connectivity index (χ0n) is 10.1. The summed E-state index contributed by atoms with van der Waals surface area (Å²) in [5.41, 5.74) is -1.13. The van der Waals surface area contributed by atoms with Crippen LogP contribution in [-0.4, -0.2) is 16.7 Å². The van der Waals surface area contributed by atoms with E-state index in [1.807, 2.05) is 0 Å². The van der Waals surface area contributed by atoms with Gasteiger partial charge in [0.2, 0.25) is 0 Å². The summed E-state index contributed by atoms with van der Waals surface area (Å²) < 4.78 is 37.7. The molecule has 0 amide bonds. The van der Waals surface area contributed by atoms with Crippen LogP contribution in [0.4, 0.5) is 18.9 Å². The Morgan fingerprint density at radius 2 is 2.11 bits per heavy atom. The zero-order chi connectivity index (χ0) is 13.4. The molecule has 0 aromatic heterocycles. The highest BCUT2D eigenvalue weighted by Crippen LogP contribution is 2.34. The van der Waals surface area contributed by atoms with Crippen LogP contribution >= 0.6 is 0 Å². The maximum Gasteiger partial charge on any atom is 0.416 e. The molecule has 2 unspecified atom stereocenters. The smallest absolute Gasteiger partial charge is 0.388 e. The lowest BCUT2D eigenvalue weighted by Gasteiger charge is -2.27. The largest absolute Gasteiger partial charge is 0.416 e. The summed E-state index contributed by atoms with van der Waals surface area (Å²) in [7, 11) is 0. The Morgan fingerprint density at radius 1 is 1.39 bits per heavy atom. The summed E-state index contributed by atoms with van der Waals surface area (Å²) in [5, 5.41) is 13.1. The van der Waals surface area contributed by atoms with Gasteiger partial charge in [0.05, 0.1) is 17.2 Å². The van der Waals surface area contributed by atoms with Crippen LogP contribution in [-0.2, 0) is 6.18 Å². The van der Waals surface area contributed by atoms with Crippen LogP contribution in [0.15, 0.2) is 24.3 Å². The Balaban J connectivity index is 2.15. The first-order valence-corrected chi connectivity index (χ1v) is 5.95. The van der Waals surface area contributed by atoms with Crippen LogP contribution in [0.1, 0.15) is 31.7 Å². The zero-order valence-corrected chi connectivity index (χ0v) is 10.1. The molecule has 1 aliphatic rings. The summed E-state index contributed by atoms with van der Waals surface area (Å²) in [4.78, 5) is 0. The average molecular weight is 259 g/mol. The second-order valence-electron chi connectivity index (χ2n) is 5.02. The standard InChI is InChI=1S/C13H16F3NO/c1-12(18)7-3-6-11(12)17-10-5-2-4-9(8-10)13(14,15)16/h2,4-5,8,11,17-18H,3,6-7H2,1H3. The van der Waals surface area contributed by atoms with Gasteiger partial charge in [-0.05, 0) is 44.4 Å². The fourth-order valence-corrected chi connectivity index (χ4v) is 2.36. The molecule has 0 aliphatic heterocycles. The highest BCUT2D eigenvalue weighted by Gasteiger charge is 2.37. The third-order valence-electron chi connectivity index (χ3n) is 3.46. The minimum Gasteiger partial charge on any atom is -0.388 e. The number of halogens is 3. The average Bonchev–Trinajstić information content (AvgIpc) is 2.58. The molecule has 1 fully saturated rings. The Morgan fingerprint density at radius 3 is 2.67 bits per heavy atom. The van der Waals surface area contributed by atoms with E-state index in [1.165, 1.54) is 6.07 Å². The van der Waals surface area contributed by atoms with E-state index in [-0.39, 0.29) is 6.04 Å². The third-order valence-corrected chi connectivity index (χ3v) is 3.46. The van der Waals surface area contributed by atoms with E-state index in [4.69, 9.17) is 0 Å². The topological polar surface area (TPSA) is 32.3 Å². The van der Waals surface area contributed by atoms with E-state index in [0.717, 1.165) is 25.0 Å². The minimum atomic E-state index is -4.34. The monoisotopic (exact) mass is 259 g/mol. The van der Waals surface area contributed by atoms with Crippen molar-refractivity contribution in [3.63, 3.8) is 0 Å². The Hall–Kier alpha value is -1.23. The van der Waals surface area contributed by atoms with Gasteiger partial charge in [0, 0.05) is 5.69 Å². The number of hydrogen-bond acceptors (Lipinski definition) is 2. The van der Waals surface area contributed by atoms with E-state index < -0.39 is 17.3 Å². The number of benzene rings is 1. The van der Waals surface area contributed by atoms with Crippen molar-refractivity contribution in [2.45, 2.75) is 44.0 Å². The molecule has 1 aromatic rings. The van der Waals surface area contributed by atoms with Gasteiger partial charge in [-0.3, -0.25) is 0 Å². The molecule has 100 valence electrons. The molecule has 1 saturated carbocycles. The summed E-state index contributed by atoms with van der Waals surface area (Å²) in [5.74, 6) is 0. The number of rotatable bonds is 2. The van der Waals surface area contributed by atoms with Gasteiger partial charge in [-0.1, -0.05) is 6.07 Å². The van der Waals surface area contributed by atoms with Crippen LogP contribution in [0.5, 0.6) is 0 Å². The van der Waals surface area contributed by atoms with Gasteiger partial charge in [0.25, 0.3) is 0 Å². The Bertz CT molecular complexity index is 428. The number of nitrogens with one attached hydrogen (secondary N) is 1. The molecule has 2 N–H and O–H groups in total. The molecular weight excluding hydrogens is 243 g/mol. The molecule has 2 atom stereocenters. The fourth-order valence-electron chi connectivity index (χ4n) is 2.36. The van der Waals surface area contributed by atoms with Crippen molar-refractivity contribution in [3.05, 3.63) is 29.8 Å². The number of aliphatic hydroxyl groups is 1. The van der Waals surface area contributed by atoms with Crippen molar-refractivity contribution in [1.29, 1.82) is 0 Å². The molecule has 1 aromatic carbocycles. The quantitative estimate of drug-likeness (QED) is 0.853. The van der Waals surface area contributed by atoms with E-state index >= 15 is 0 Å². The summed E-state index contributed by atoms with van der Waals surface area (Å²) in [6.45, 7) is 1.71. The molecule has 2 rings (SSSR count). The van der Waals surface area contributed by atoms with Crippen LogP contribution in [0.3, 0.4) is 0 Å². The van der Waals surface area contributed by atoms with Crippen LogP contribution in [0.25, 0.3) is 0 Å². The van der Waals surface area contributed by atoms with Crippen molar-refractivity contribution in [2.75, 3.05) is 5.32 Å². The molecule has 0 saturated heterocycles. The SMILES string of the molecule is CC1(O)CCCC1Nc1cccc(C(F)(F)F)c1. The fraction of sp³-hybridized carbons (Fsp3) is 0.538. The summed E-state index contributed by atoms with van der Waals surface area (Å²) in [6.07, 6.45) is -2.02. The van der Waals surface area contributed by atoms with Crippen molar-refractivity contribution >= 4 is 5.69 Å². The second-order valence-corrected chi connectivity index (χ2v) is 5.02. The first-order valence-electron chi connectivity index (χ1n) is 5.95. The van der Waals surface area contributed by atoms with E-state index in [0.29, 0.717) is 12.1 Å². The molecular formula is C13H16F3NO.